The van der Waals surface area contributed by atoms with Gasteiger partial charge in [0.25, 0.3) is 0 Å². The molecule has 7 heteroatoms. The van der Waals surface area contributed by atoms with Crippen LogP contribution in [0.3, 0.4) is 0 Å². The second-order valence-corrected chi connectivity index (χ2v) is 7.33. The summed E-state index contributed by atoms with van der Waals surface area (Å²) in [7, 11) is 0. The number of aromatic nitrogens is 1. The molecule has 1 nitrogen and oxygen atoms in total. The molecule has 0 saturated heterocycles. The van der Waals surface area contributed by atoms with Crippen molar-refractivity contribution in [2.45, 2.75) is 0 Å². The highest BCUT2D eigenvalue weighted by molar-refractivity contribution is 9.15. The van der Waals surface area contributed by atoms with Crippen molar-refractivity contribution in [3.8, 4) is 0 Å². The van der Waals surface area contributed by atoms with Gasteiger partial charge in [0.1, 0.15) is 0 Å². The van der Waals surface area contributed by atoms with E-state index in [2.05, 4.69) is 68.7 Å². The van der Waals surface area contributed by atoms with E-state index in [-0.39, 0.29) is 0 Å². The van der Waals surface area contributed by atoms with E-state index in [4.69, 9.17) is 12.2 Å². The maximum Gasteiger partial charge on any atom is 0.159 e. The molecule has 1 aromatic carbocycles. The molecule has 0 radical (unpaired) electrons. The maximum atomic E-state index is 5.11. The van der Waals surface area contributed by atoms with Crippen LogP contribution in [0.25, 0.3) is 10.2 Å². The summed E-state index contributed by atoms with van der Waals surface area (Å²) < 4.78 is 5.83. The summed E-state index contributed by atoms with van der Waals surface area (Å²) in [5.41, 5.74) is 1.02. The van der Waals surface area contributed by atoms with Crippen LogP contribution in [0, 0.1) is 3.95 Å². The zero-order valence-corrected chi connectivity index (χ0v) is 14.3. The largest absolute Gasteiger partial charge is 0.336 e. The standard InChI is InChI=1S/C7HBr4NS2/c8-1-2(9)4(11)6-5(3(1)10)12-7(13)14-6/h(H,12,13). The van der Waals surface area contributed by atoms with Crippen molar-refractivity contribution in [2.75, 3.05) is 0 Å². The maximum absolute atomic E-state index is 5.11. The molecule has 0 atom stereocenters. The first-order valence-corrected chi connectivity index (χ1v) is 7.77. The van der Waals surface area contributed by atoms with Gasteiger partial charge in [-0.25, -0.2) is 0 Å². The van der Waals surface area contributed by atoms with Crippen LogP contribution in [-0.2, 0) is 0 Å². The SMILES string of the molecule is S=c1[nH]c2c(Br)c(Br)c(Br)c(Br)c2s1. The van der Waals surface area contributed by atoms with Gasteiger partial charge in [0, 0.05) is 8.95 Å². The number of halogens is 4. The third-order valence-electron chi connectivity index (χ3n) is 1.65. The number of fused-ring (bicyclic) bond motifs is 1. The van der Waals surface area contributed by atoms with E-state index in [0.717, 1.165) is 32.1 Å². The van der Waals surface area contributed by atoms with Crippen LogP contribution in [0.4, 0.5) is 0 Å². The Hall–Kier alpha value is 1.25. The molecule has 0 aliphatic rings. The summed E-state index contributed by atoms with van der Waals surface area (Å²) in [4.78, 5) is 3.14. The zero-order chi connectivity index (χ0) is 10.5. The second-order valence-electron chi connectivity index (χ2n) is 2.47. The molecule has 0 spiro atoms. The lowest BCUT2D eigenvalue weighted by molar-refractivity contribution is 1.43. The Morgan fingerprint density at radius 3 is 2.14 bits per heavy atom. The molecular formula is C7HBr4NS2. The average molecular weight is 483 g/mol. The smallest absolute Gasteiger partial charge is 0.159 e. The third-order valence-corrected chi connectivity index (χ3v) is 7.93. The number of hydrogen-bond donors (Lipinski definition) is 1. The van der Waals surface area contributed by atoms with Crippen molar-refractivity contribution in [2.24, 2.45) is 0 Å². The molecule has 0 amide bonds. The molecule has 2 rings (SSSR count). The number of nitrogens with one attached hydrogen (secondary N) is 1. The fourth-order valence-electron chi connectivity index (χ4n) is 1.04. The zero-order valence-electron chi connectivity index (χ0n) is 6.33. The number of H-pyrrole nitrogens is 1. The fraction of sp³-hybridized carbons (Fsp3) is 0. The Kier molecular flexibility index (Phi) is 3.56. The van der Waals surface area contributed by atoms with Gasteiger partial charge in [0.05, 0.1) is 19.2 Å². The predicted molar refractivity (Wildman–Crippen MR) is 77.8 cm³/mol. The van der Waals surface area contributed by atoms with E-state index in [1.54, 1.807) is 11.3 Å². The van der Waals surface area contributed by atoms with Crippen molar-refractivity contribution in [1.29, 1.82) is 0 Å². The quantitative estimate of drug-likeness (QED) is 0.276. The van der Waals surface area contributed by atoms with Crippen molar-refractivity contribution < 1.29 is 0 Å². The van der Waals surface area contributed by atoms with Gasteiger partial charge in [-0.05, 0) is 75.9 Å². The topological polar surface area (TPSA) is 15.8 Å². The van der Waals surface area contributed by atoms with E-state index in [1.807, 2.05) is 0 Å². The first-order chi connectivity index (χ1) is 6.52. The summed E-state index contributed by atoms with van der Waals surface area (Å²) in [6, 6.07) is 0. The molecule has 1 N–H and O–H groups in total. The minimum atomic E-state index is 0.770. The molecular weight excluding hydrogens is 482 g/mol. The number of thiazole rings is 1. The molecule has 74 valence electrons. The Morgan fingerprint density at radius 2 is 1.50 bits per heavy atom. The first kappa shape index (κ1) is 11.7. The lowest BCUT2D eigenvalue weighted by atomic mass is 10.3. The van der Waals surface area contributed by atoms with Crippen molar-refractivity contribution in [3.05, 3.63) is 21.8 Å². The molecule has 2 aromatic rings. The predicted octanol–water partition coefficient (Wildman–Crippen LogP) is 6.01. The number of hydrogen-bond acceptors (Lipinski definition) is 2. The minimum Gasteiger partial charge on any atom is -0.336 e. The van der Waals surface area contributed by atoms with Gasteiger partial charge < -0.3 is 4.98 Å². The van der Waals surface area contributed by atoms with E-state index in [0.29, 0.717) is 0 Å². The molecule has 0 bridgehead atoms. The molecule has 1 heterocycles. The average Bonchev–Trinajstić information content (AvgIpc) is 2.54. The molecule has 0 aliphatic heterocycles. The van der Waals surface area contributed by atoms with Crippen molar-refractivity contribution in [3.63, 3.8) is 0 Å². The van der Waals surface area contributed by atoms with Crippen LogP contribution in [0.5, 0.6) is 0 Å². The third kappa shape index (κ3) is 1.80. The van der Waals surface area contributed by atoms with E-state index in [9.17, 15) is 0 Å². The summed E-state index contributed by atoms with van der Waals surface area (Å²) in [5, 5.41) is 0. The molecule has 0 fully saturated rings. The van der Waals surface area contributed by atoms with Crippen LogP contribution in [0.15, 0.2) is 17.9 Å². The van der Waals surface area contributed by atoms with E-state index >= 15 is 0 Å². The van der Waals surface area contributed by atoms with Gasteiger partial charge >= 0.3 is 0 Å². The van der Waals surface area contributed by atoms with Crippen molar-refractivity contribution in [1.82, 2.24) is 4.98 Å². The molecule has 0 unspecified atom stereocenters. The van der Waals surface area contributed by atoms with Crippen LogP contribution in [0.1, 0.15) is 0 Å². The van der Waals surface area contributed by atoms with E-state index < -0.39 is 0 Å². The molecule has 0 aliphatic carbocycles. The monoisotopic (exact) mass is 479 g/mol. The second kappa shape index (κ2) is 4.25. The van der Waals surface area contributed by atoms with Gasteiger partial charge in [0.15, 0.2) is 3.95 Å². The van der Waals surface area contributed by atoms with Crippen LogP contribution in [0.2, 0.25) is 0 Å². The Bertz CT molecular complexity index is 523. The fourth-order valence-corrected chi connectivity index (χ4v) is 4.90. The van der Waals surface area contributed by atoms with Crippen LogP contribution < -0.4 is 0 Å². The van der Waals surface area contributed by atoms with Gasteiger partial charge in [-0.15, -0.1) is 11.3 Å². The summed E-state index contributed by atoms with van der Waals surface area (Å²) in [6.07, 6.45) is 0. The van der Waals surface area contributed by atoms with Gasteiger partial charge in [-0.2, -0.15) is 0 Å². The number of rotatable bonds is 0. The Labute approximate surface area is 123 Å². The minimum absolute atomic E-state index is 0.770. The van der Waals surface area contributed by atoms with E-state index in [1.165, 1.54) is 0 Å². The Balaban J connectivity index is 3.08. The van der Waals surface area contributed by atoms with Crippen LogP contribution >= 0.6 is 87.3 Å². The highest BCUT2D eigenvalue weighted by atomic mass is 79.9. The molecule has 14 heavy (non-hydrogen) atoms. The van der Waals surface area contributed by atoms with Crippen molar-refractivity contribution >= 4 is 97.5 Å². The summed E-state index contributed by atoms with van der Waals surface area (Å²) >= 11 is 20.7. The highest BCUT2D eigenvalue weighted by Crippen LogP contribution is 2.44. The Morgan fingerprint density at radius 1 is 0.929 bits per heavy atom. The molecule has 1 aromatic heterocycles. The lowest BCUT2D eigenvalue weighted by Gasteiger charge is -2.04. The highest BCUT2D eigenvalue weighted by Gasteiger charge is 2.15. The normalized spacial score (nSPS) is 11.1. The lowest BCUT2D eigenvalue weighted by Crippen LogP contribution is -1.79. The molecule has 0 saturated carbocycles. The first-order valence-electron chi connectivity index (χ1n) is 3.37. The summed E-state index contributed by atoms with van der Waals surface area (Å²) in [5.74, 6) is 0. The van der Waals surface area contributed by atoms with Gasteiger partial charge in [-0.1, -0.05) is 0 Å². The van der Waals surface area contributed by atoms with Crippen LogP contribution in [-0.4, -0.2) is 4.98 Å². The number of benzene rings is 1. The van der Waals surface area contributed by atoms with Gasteiger partial charge in [-0.3, -0.25) is 0 Å². The number of aromatic amines is 1. The van der Waals surface area contributed by atoms with Gasteiger partial charge in [0.2, 0.25) is 0 Å². The summed E-state index contributed by atoms with van der Waals surface area (Å²) in [6.45, 7) is 0.